The topological polar surface area (TPSA) is 24.1 Å². The van der Waals surface area contributed by atoms with E-state index in [1.165, 1.54) is 22.3 Å². The molecule has 0 heterocycles. The van der Waals surface area contributed by atoms with Gasteiger partial charge in [-0.15, -0.1) is 0 Å². The number of aryl methyl sites for hydroxylation is 4. The molecule has 2 aromatic carbocycles. The van der Waals surface area contributed by atoms with Crippen LogP contribution in [0.5, 0.6) is 0 Å². The minimum atomic E-state index is 0.689. The SMILES string of the molecule is Cc1cccc(CCCNC(=S)Nc2cc(C)cc(C)c2)c1. The van der Waals surface area contributed by atoms with Crippen LogP contribution < -0.4 is 10.6 Å². The van der Waals surface area contributed by atoms with Crippen LogP contribution in [0.4, 0.5) is 5.69 Å². The smallest absolute Gasteiger partial charge is 0.170 e. The molecular formula is C19H24N2S. The summed E-state index contributed by atoms with van der Waals surface area (Å²) in [7, 11) is 0. The molecule has 0 fully saturated rings. The Hall–Kier alpha value is -1.87. The van der Waals surface area contributed by atoms with E-state index in [2.05, 4.69) is 73.9 Å². The van der Waals surface area contributed by atoms with Gasteiger partial charge in [-0.05, 0) is 74.7 Å². The van der Waals surface area contributed by atoms with Crippen molar-refractivity contribution in [3.63, 3.8) is 0 Å². The number of hydrogen-bond donors (Lipinski definition) is 2. The molecule has 2 aromatic rings. The number of rotatable bonds is 5. The summed E-state index contributed by atoms with van der Waals surface area (Å²) in [5.41, 5.74) is 6.23. The lowest BCUT2D eigenvalue weighted by Crippen LogP contribution is -2.29. The van der Waals surface area contributed by atoms with Gasteiger partial charge >= 0.3 is 0 Å². The third kappa shape index (κ3) is 5.49. The van der Waals surface area contributed by atoms with Gasteiger partial charge in [-0.1, -0.05) is 35.9 Å². The maximum Gasteiger partial charge on any atom is 0.170 e. The van der Waals surface area contributed by atoms with Crippen molar-refractivity contribution >= 4 is 23.0 Å². The number of anilines is 1. The summed E-state index contributed by atoms with van der Waals surface area (Å²) < 4.78 is 0. The number of nitrogens with one attached hydrogen (secondary N) is 2. The molecule has 0 saturated heterocycles. The predicted octanol–water partition coefficient (Wildman–Crippen LogP) is 4.53. The van der Waals surface area contributed by atoms with Crippen molar-refractivity contribution in [3.05, 3.63) is 64.7 Å². The lowest BCUT2D eigenvalue weighted by atomic mass is 10.1. The molecule has 0 aliphatic carbocycles. The second-order valence-electron chi connectivity index (χ2n) is 5.85. The van der Waals surface area contributed by atoms with Gasteiger partial charge in [0.05, 0.1) is 0 Å². The molecule has 2 rings (SSSR count). The minimum absolute atomic E-state index is 0.689. The fourth-order valence-electron chi connectivity index (χ4n) is 2.58. The zero-order valence-electron chi connectivity index (χ0n) is 13.6. The molecule has 2 N–H and O–H groups in total. The van der Waals surface area contributed by atoms with E-state index in [1.54, 1.807) is 0 Å². The normalized spacial score (nSPS) is 10.3. The Morgan fingerprint density at radius 2 is 1.68 bits per heavy atom. The second kappa shape index (κ2) is 7.95. The first-order valence-electron chi connectivity index (χ1n) is 7.71. The molecule has 0 aromatic heterocycles. The van der Waals surface area contributed by atoms with Gasteiger partial charge in [-0.3, -0.25) is 0 Å². The number of thiocarbonyl (C=S) groups is 1. The fraction of sp³-hybridized carbons (Fsp3) is 0.316. The van der Waals surface area contributed by atoms with Crippen LogP contribution in [0.25, 0.3) is 0 Å². The lowest BCUT2D eigenvalue weighted by molar-refractivity contribution is 0.777. The minimum Gasteiger partial charge on any atom is -0.362 e. The molecule has 0 spiro atoms. The summed E-state index contributed by atoms with van der Waals surface area (Å²) in [4.78, 5) is 0. The van der Waals surface area contributed by atoms with Crippen LogP contribution in [-0.2, 0) is 6.42 Å². The summed E-state index contributed by atoms with van der Waals surface area (Å²) >= 11 is 5.35. The highest BCUT2D eigenvalue weighted by atomic mass is 32.1. The highest BCUT2D eigenvalue weighted by Gasteiger charge is 2.00. The van der Waals surface area contributed by atoms with E-state index in [4.69, 9.17) is 12.2 Å². The quantitative estimate of drug-likeness (QED) is 0.626. The second-order valence-corrected chi connectivity index (χ2v) is 6.26. The van der Waals surface area contributed by atoms with Gasteiger partial charge in [-0.2, -0.15) is 0 Å². The number of hydrogen-bond acceptors (Lipinski definition) is 1. The van der Waals surface area contributed by atoms with Crippen LogP contribution in [-0.4, -0.2) is 11.7 Å². The van der Waals surface area contributed by atoms with E-state index in [0.717, 1.165) is 25.1 Å². The van der Waals surface area contributed by atoms with E-state index < -0.39 is 0 Å². The first-order chi connectivity index (χ1) is 10.5. The Labute approximate surface area is 139 Å². The Kier molecular flexibility index (Phi) is 5.96. The summed E-state index contributed by atoms with van der Waals surface area (Å²) in [6.45, 7) is 7.20. The molecule has 22 heavy (non-hydrogen) atoms. The van der Waals surface area contributed by atoms with Crippen LogP contribution in [0, 0.1) is 20.8 Å². The maximum atomic E-state index is 5.35. The molecule has 2 nitrogen and oxygen atoms in total. The van der Waals surface area contributed by atoms with Crippen LogP contribution >= 0.6 is 12.2 Å². The van der Waals surface area contributed by atoms with Crippen molar-refractivity contribution in [1.82, 2.24) is 5.32 Å². The Morgan fingerprint density at radius 3 is 2.36 bits per heavy atom. The van der Waals surface area contributed by atoms with Crippen LogP contribution in [0.3, 0.4) is 0 Å². The maximum absolute atomic E-state index is 5.35. The third-order valence-corrected chi connectivity index (χ3v) is 3.74. The average molecular weight is 312 g/mol. The van der Waals surface area contributed by atoms with Gasteiger partial charge in [0.25, 0.3) is 0 Å². The van der Waals surface area contributed by atoms with Crippen LogP contribution in [0.15, 0.2) is 42.5 Å². The van der Waals surface area contributed by atoms with E-state index >= 15 is 0 Å². The summed E-state index contributed by atoms with van der Waals surface area (Å²) in [6.07, 6.45) is 2.14. The summed E-state index contributed by atoms with van der Waals surface area (Å²) in [5, 5.41) is 7.22. The Bertz CT molecular complexity index is 629. The van der Waals surface area contributed by atoms with Crippen molar-refractivity contribution in [3.8, 4) is 0 Å². The zero-order chi connectivity index (χ0) is 15.9. The van der Waals surface area contributed by atoms with E-state index in [-0.39, 0.29) is 0 Å². The van der Waals surface area contributed by atoms with Gasteiger partial charge in [0.1, 0.15) is 0 Å². The number of benzene rings is 2. The van der Waals surface area contributed by atoms with Gasteiger partial charge < -0.3 is 10.6 Å². The summed E-state index contributed by atoms with van der Waals surface area (Å²) in [5.74, 6) is 0. The van der Waals surface area contributed by atoms with Gasteiger partial charge in [-0.25, -0.2) is 0 Å². The summed E-state index contributed by atoms with van der Waals surface area (Å²) in [6, 6.07) is 15.0. The zero-order valence-corrected chi connectivity index (χ0v) is 14.4. The van der Waals surface area contributed by atoms with Gasteiger partial charge in [0.2, 0.25) is 0 Å². The Morgan fingerprint density at radius 1 is 0.955 bits per heavy atom. The van der Waals surface area contributed by atoms with E-state index in [9.17, 15) is 0 Å². The van der Waals surface area contributed by atoms with Gasteiger partial charge in [0, 0.05) is 12.2 Å². The lowest BCUT2D eigenvalue weighted by Gasteiger charge is -2.12. The molecular weight excluding hydrogens is 288 g/mol. The van der Waals surface area contributed by atoms with Crippen molar-refractivity contribution in [1.29, 1.82) is 0 Å². The molecule has 0 bridgehead atoms. The predicted molar refractivity (Wildman–Crippen MR) is 99.6 cm³/mol. The van der Waals surface area contributed by atoms with Crippen molar-refractivity contribution in [2.75, 3.05) is 11.9 Å². The van der Waals surface area contributed by atoms with Crippen molar-refractivity contribution in [2.24, 2.45) is 0 Å². The van der Waals surface area contributed by atoms with E-state index in [0.29, 0.717) is 5.11 Å². The molecule has 116 valence electrons. The molecule has 0 aliphatic rings. The largest absolute Gasteiger partial charge is 0.362 e. The molecule has 0 atom stereocenters. The van der Waals surface area contributed by atoms with E-state index in [1.807, 2.05) is 0 Å². The van der Waals surface area contributed by atoms with Crippen molar-refractivity contribution < 1.29 is 0 Å². The molecule has 0 amide bonds. The average Bonchev–Trinajstić information content (AvgIpc) is 2.42. The standard InChI is InChI=1S/C19H24N2S/c1-14-6-4-7-17(11-14)8-5-9-20-19(22)21-18-12-15(2)10-16(3)13-18/h4,6-7,10-13H,5,8-9H2,1-3H3,(H2,20,21,22). The highest BCUT2D eigenvalue weighted by molar-refractivity contribution is 7.80. The Balaban J connectivity index is 1.74. The molecule has 0 unspecified atom stereocenters. The molecule has 0 aliphatic heterocycles. The monoisotopic (exact) mass is 312 g/mol. The highest BCUT2D eigenvalue weighted by Crippen LogP contribution is 2.13. The molecule has 0 saturated carbocycles. The van der Waals surface area contributed by atoms with Crippen LogP contribution in [0.1, 0.15) is 28.7 Å². The van der Waals surface area contributed by atoms with Crippen molar-refractivity contribution in [2.45, 2.75) is 33.6 Å². The fourth-order valence-corrected chi connectivity index (χ4v) is 2.80. The molecule has 0 radical (unpaired) electrons. The van der Waals surface area contributed by atoms with Crippen LogP contribution in [0.2, 0.25) is 0 Å². The third-order valence-electron chi connectivity index (χ3n) is 3.49. The van der Waals surface area contributed by atoms with Gasteiger partial charge in [0.15, 0.2) is 5.11 Å². The first-order valence-corrected chi connectivity index (χ1v) is 8.12. The first kappa shape index (κ1) is 16.5. The molecule has 3 heteroatoms.